The Morgan fingerprint density at radius 3 is 2.50 bits per heavy atom. The van der Waals surface area contributed by atoms with Crippen molar-refractivity contribution < 1.29 is 26.4 Å². The third-order valence-corrected chi connectivity index (χ3v) is 8.24. The predicted molar refractivity (Wildman–Crippen MR) is 117 cm³/mol. The number of piperidine rings is 1. The second-order valence-electron chi connectivity index (χ2n) is 7.99. The second kappa shape index (κ2) is 9.90. The fourth-order valence-electron chi connectivity index (χ4n) is 3.75. The number of hydrogen-bond donors (Lipinski definition) is 1. The standard InChI is InChI=1S/C21H26F3N3O3S2/c1-26(2)19(16-8-11-31-14-16)13-25-20(28)15-6-9-27(10-7-15)32(29,30)18-5-3-4-17(12-18)21(22,23)24/h3-5,8,11-12,14-15,19H,6-7,9-10,13H2,1-2H3,(H,25,28). The maximum Gasteiger partial charge on any atom is 0.416 e. The SMILES string of the molecule is CN(C)C(CNC(=O)C1CCN(S(=O)(=O)c2cccc(C(F)(F)F)c2)CC1)c1ccsc1. The molecule has 32 heavy (non-hydrogen) atoms. The maximum atomic E-state index is 13.0. The summed E-state index contributed by atoms with van der Waals surface area (Å²) in [5.41, 5.74) is 0.108. The first kappa shape index (κ1) is 24.7. The molecule has 1 unspecified atom stereocenters. The van der Waals surface area contributed by atoms with Gasteiger partial charge in [0, 0.05) is 25.6 Å². The number of nitrogens with zero attached hydrogens (tertiary/aromatic N) is 2. The third kappa shape index (κ3) is 5.69. The molecule has 1 N–H and O–H groups in total. The van der Waals surface area contributed by atoms with Crippen LogP contribution in [0.4, 0.5) is 13.2 Å². The largest absolute Gasteiger partial charge is 0.416 e. The molecular weight excluding hydrogens is 463 g/mol. The van der Waals surface area contributed by atoms with Gasteiger partial charge in [0.05, 0.1) is 16.5 Å². The maximum absolute atomic E-state index is 13.0. The van der Waals surface area contributed by atoms with Gasteiger partial charge in [0.1, 0.15) is 0 Å². The minimum absolute atomic E-state index is 0.0339. The molecule has 176 valence electrons. The topological polar surface area (TPSA) is 69.7 Å². The summed E-state index contributed by atoms with van der Waals surface area (Å²) in [6, 6.07) is 5.79. The van der Waals surface area contributed by atoms with Crippen molar-refractivity contribution in [3.05, 3.63) is 52.2 Å². The van der Waals surface area contributed by atoms with Crippen LogP contribution in [0.3, 0.4) is 0 Å². The van der Waals surface area contributed by atoms with Crippen LogP contribution in [-0.2, 0) is 21.0 Å². The highest BCUT2D eigenvalue weighted by Gasteiger charge is 2.35. The molecule has 1 aliphatic rings. The zero-order valence-corrected chi connectivity index (χ0v) is 19.4. The number of sulfonamides is 1. The molecule has 0 aliphatic carbocycles. The van der Waals surface area contributed by atoms with Gasteiger partial charge in [0.2, 0.25) is 15.9 Å². The molecule has 2 heterocycles. The Morgan fingerprint density at radius 2 is 1.94 bits per heavy atom. The Balaban J connectivity index is 1.59. The van der Waals surface area contributed by atoms with Crippen LogP contribution in [-0.4, -0.2) is 57.3 Å². The lowest BCUT2D eigenvalue weighted by atomic mass is 9.97. The van der Waals surface area contributed by atoms with Crippen molar-refractivity contribution in [3.63, 3.8) is 0 Å². The van der Waals surface area contributed by atoms with E-state index in [0.717, 1.165) is 28.1 Å². The van der Waals surface area contributed by atoms with E-state index < -0.39 is 21.8 Å². The van der Waals surface area contributed by atoms with E-state index in [9.17, 15) is 26.4 Å². The van der Waals surface area contributed by atoms with Crippen molar-refractivity contribution in [2.24, 2.45) is 5.92 Å². The van der Waals surface area contributed by atoms with E-state index in [1.54, 1.807) is 11.3 Å². The summed E-state index contributed by atoms with van der Waals surface area (Å²) in [7, 11) is -0.192. The average Bonchev–Trinajstić information content (AvgIpc) is 3.27. The first-order chi connectivity index (χ1) is 15.0. The summed E-state index contributed by atoms with van der Waals surface area (Å²) in [5.74, 6) is -0.476. The summed E-state index contributed by atoms with van der Waals surface area (Å²) in [6.07, 6.45) is -3.99. The van der Waals surface area contributed by atoms with Crippen LogP contribution >= 0.6 is 11.3 Å². The lowest BCUT2D eigenvalue weighted by molar-refractivity contribution is -0.137. The molecule has 1 fully saturated rings. The van der Waals surface area contributed by atoms with Crippen molar-refractivity contribution in [2.75, 3.05) is 33.7 Å². The van der Waals surface area contributed by atoms with Gasteiger partial charge in [-0.15, -0.1) is 0 Å². The van der Waals surface area contributed by atoms with Crippen molar-refractivity contribution >= 4 is 27.3 Å². The van der Waals surface area contributed by atoms with Gasteiger partial charge < -0.3 is 10.2 Å². The Bertz CT molecular complexity index is 1020. The molecule has 1 aromatic heterocycles. The van der Waals surface area contributed by atoms with Gasteiger partial charge in [-0.25, -0.2) is 8.42 Å². The van der Waals surface area contributed by atoms with E-state index in [1.807, 2.05) is 35.8 Å². The zero-order valence-electron chi connectivity index (χ0n) is 17.8. The molecule has 0 spiro atoms. The number of amides is 1. The summed E-state index contributed by atoms with van der Waals surface area (Å²) < 4.78 is 65.6. The number of likely N-dealkylation sites (N-methyl/N-ethyl adjacent to an activating group) is 1. The molecule has 3 rings (SSSR count). The Kier molecular flexibility index (Phi) is 7.64. The zero-order chi connectivity index (χ0) is 23.5. The highest BCUT2D eigenvalue weighted by Crippen LogP contribution is 2.32. The Labute approximate surface area is 190 Å². The minimum atomic E-state index is -4.62. The third-order valence-electron chi connectivity index (χ3n) is 5.64. The van der Waals surface area contributed by atoms with Crippen LogP contribution in [0.25, 0.3) is 0 Å². The number of rotatable bonds is 7. The minimum Gasteiger partial charge on any atom is -0.354 e. The van der Waals surface area contributed by atoms with Crippen molar-refractivity contribution in [3.8, 4) is 0 Å². The van der Waals surface area contributed by atoms with Gasteiger partial charge in [0.25, 0.3) is 0 Å². The molecule has 6 nitrogen and oxygen atoms in total. The van der Waals surface area contributed by atoms with E-state index in [2.05, 4.69) is 5.32 Å². The van der Waals surface area contributed by atoms with Gasteiger partial charge in [-0.1, -0.05) is 6.07 Å². The van der Waals surface area contributed by atoms with Crippen molar-refractivity contribution in [1.29, 1.82) is 0 Å². The number of thiophene rings is 1. The highest BCUT2D eigenvalue weighted by atomic mass is 32.2. The van der Waals surface area contributed by atoms with Gasteiger partial charge in [-0.2, -0.15) is 28.8 Å². The fraction of sp³-hybridized carbons (Fsp3) is 0.476. The van der Waals surface area contributed by atoms with Crippen LogP contribution in [0, 0.1) is 5.92 Å². The lowest BCUT2D eigenvalue weighted by Gasteiger charge is -2.31. The number of carbonyl (C=O) groups excluding carboxylic acids is 1. The molecule has 1 aliphatic heterocycles. The monoisotopic (exact) mass is 489 g/mol. The Morgan fingerprint density at radius 1 is 1.25 bits per heavy atom. The van der Waals surface area contributed by atoms with E-state index in [0.29, 0.717) is 25.5 Å². The number of benzene rings is 1. The van der Waals surface area contributed by atoms with Crippen LogP contribution in [0.15, 0.2) is 46.0 Å². The van der Waals surface area contributed by atoms with Crippen LogP contribution < -0.4 is 5.32 Å². The van der Waals surface area contributed by atoms with Gasteiger partial charge in [0.15, 0.2) is 0 Å². The molecular formula is C21H26F3N3O3S2. The number of halogens is 3. The lowest BCUT2D eigenvalue weighted by Crippen LogP contribution is -2.44. The highest BCUT2D eigenvalue weighted by molar-refractivity contribution is 7.89. The van der Waals surface area contributed by atoms with Crippen LogP contribution in [0.1, 0.15) is 30.0 Å². The normalized spacial score (nSPS) is 17.4. The quantitative estimate of drug-likeness (QED) is 0.646. The van der Waals surface area contributed by atoms with Crippen molar-refractivity contribution in [1.82, 2.24) is 14.5 Å². The fourth-order valence-corrected chi connectivity index (χ4v) is 5.97. The average molecular weight is 490 g/mol. The van der Waals surface area contributed by atoms with E-state index >= 15 is 0 Å². The van der Waals surface area contributed by atoms with Gasteiger partial charge >= 0.3 is 6.18 Å². The molecule has 1 saturated heterocycles. The predicted octanol–water partition coefficient (Wildman–Crippen LogP) is 3.59. The molecule has 1 aromatic carbocycles. The van der Waals surface area contributed by atoms with Crippen molar-refractivity contribution in [2.45, 2.75) is 30.0 Å². The number of hydrogen-bond acceptors (Lipinski definition) is 5. The first-order valence-electron chi connectivity index (χ1n) is 10.1. The smallest absolute Gasteiger partial charge is 0.354 e. The van der Waals surface area contributed by atoms with Gasteiger partial charge in [-0.05, 0) is 67.5 Å². The molecule has 1 atom stereocenters. The molecule has 11 heteroatoms. The number of alkyl halides is 3. The van der Waals surface area contributed by atoms with Crippen LogP contribution in [0.5, 0.6) is 0 Å². The van der Waals surface area contributed by atoms with Gasteiger partial charge in [-0.3, -0.25) is 4.79 Å². The summed E-state index contributed by atoms with van der Waals surface area (Å²) >= 11 is 1.59. The summed E-state index contributed by atoms with van der Waals surface area (Å²) in [4.78, 5) is 14.3. The van der Waals surface area contributed by atoms with E-state index in [-0.39, 0.29) is 35.9 Å². The molecule has 0 bridgehead atoms. The first-order valence-corrected chi connectivity index (χ1v) is 12.5. The molecule has 2 aromatic rings. The molecule has 0 saturated carbocycles. The van der Waals surface area contributed by atoms with E-state index in [4.69, 9.17) is 0 Å². The number of nitrogens with one attached hydrogen (secondary N) is 1. The summed E-state index contributed by atoms with van der Waals surface area (Å²) in [5, 5.41) is 6.98. The Hall–Kier alpha value is -1.95. The number of carbonyl (C=O) groups is 1. The van der Waals surface area contributed by atoms with Crippen LogP contribution in [0.2, 0.25) is 0 Å². The molecule has 0 radical (unpaired) electrons. The molecule has 1 amide bonds. The second-order valence-corrected chi connectivity index (χ2v) is 10.7. The van der Waals surface area contributed by atoms with E-state index in [1.165, 1.54) is 0 Å². The summed E-state index contributed by atoms with van der Waals surface area (Å²) in [6.45, 7) is 0.599.